The molecule has 0 saturated carbocycles. The zero-order valence-electron chi connectivity index (χ0n) is 7.94. The first kappa shape index (κ1) is 9.74. The molecule has 0 fully saturated rings. The number of hydrogen-bond donors (Lipinski definition) is 0. The molecule has 0 spiro atoms. The van der Waals surface area contributed by atoms with E-state index in [1.807, 2.05) is 0 Å². The van der Waals surface area contributed by atoms with Gasteiger partial charge in [0.2, 0.25) is 0 Å². The summed E-state index contributed by atoms with van der Waals surface area (Å²) >= 11 is 0. The molecule has 0 saturated heterocycles. The van der Waals surface area contributed by atoms with Crippen molar-refractivity contribution in [3.05, 3.63) is 11.6 Å². The van der Waals surface area contributed by atoms with Crippen LogP contribution >= 0.6 is 0 Å². The summed E-state index contributed by atoms with van der Waals surface area (Å²) < 4.78 is 0. The van der Waals surface area contributed by atoms with E-state index in [-0.39, 0.29) is 0 Å². The molecule has 0 aromatic carbocycles. The van der Waals surface area contributed by atoms with Gasteiger partial charge < -0.3 is 0 Å². The Balaban J connectivity index is 3.83. The zero-order chi connectivity index (χ0) is 8.15. The van der Waals surface area contributed by atoms with Crippen LogP contribution in [0.1, 0.15) is 41.0 Å². The van der Waals surface area contributed by atoms with Crippen LogP contribution < -0.4 is 0 Å². The lowest BCUT2D eigenvalue weighted by Crippen LogP contribution is -2.03. The van der Waals surface area contributed by atoms with E-state index in [9.17, 15) is 0 Å². The van der Waals surface area contributed by atoms with Crippen molar-refractivity contribution < 1.29 is 0 Å². The lowest BCUT2D eigenvalue weighted by atomic mass is 9.92. The average Bonchev–Trinajstić information content (AvgIpc) is 1.85. The van der Waals surface area contributed by atoms with Crippen LogP contribution in [0.5, 0.6) is 0 Å². The topological polar surface area (TPSA) is 0 Å². The lowest BCUT2D eigenvalue weighted by Gasteiger charge is -2.14. The summed E-state index contributed by atoms with van der Waals surface area (Å²) in [5.74, 6) is 1.57. The van der Waals surface area contributed by atoms with Crippen LogP contribution in [0.4, 0.5) is 0 Å². The fourth-order valence-electron chi connectivity index (χ4n) is 1.06. The summed E-state index contributed by atoms with van der Waals surface area (Å²) in [4.78, 5) is 0. The predicted octanol–water partition coefficient (Wildman–Crippen LogP) is 3.63. The van der Waals surface area contributed by atoms with Crippen LogP contribution in [0.3, 0.4) is 0 Å². The van der Waals surface area contributed by atoms with Crippen molar-refractivity contribution in [1.82, 2.24) is 0 Å². The summed E-state index contributed by atoms with van der Waals surface area (Å²) in [5, 5.41) is 0. The van der Waals surface area contributed by atoms with Gasteiger partial charge in [-0.05, 0) is 25.7 Å². The molecule has 0 aliphatic heterocycles. The summed E-state index contributed by atoms with van der Waals surface area (Å²) in [5.41, 5.74) is 1.44. The number of allylic oxidation sites excluding steroid dienone is 2. The molecule has 2 unspecified atom stereocenters. The van der Waals surface area contributed by atoms with E-state index in [1.165, 1.54) is 12.0 Å². The molecule has 0 amide bonds. The monoisotopic (exact) mass is 140 g/mol. The van der Waals surface area contributed by atoms with E-state index in [0.29, 0.717) is 0 Å². The lowest BCUT2D eigenvalue weighted by molar-refractivity contribution is 0.444. The molecule has 10 heavy (non-hydrogen) atoms. The Morgan fingerprint density at radius 3 is 2.10 bits per heavy atom. The average molecular weight is 140 g/mol. The Bertz CT molecular complexity index is 107. The van der Waals surface area contributed by atoms with Gasteiger partial charge in [0.05, 0.1) is 0 Å². The highest BCUT2D eigenvalue weighted by molar-refractivity contribution is 4.97. The molecule has 0 rings (SSSR count). The van der Waals surface area contributed by atoms with Crippen molar-refractivity contribution in [2.75, 3.05) is 0 Å². The summed E-state index contributed by atoms with van der Waals surface area (Å²) in [6.45, 7) is 11.2. The van der Waals surface area contributed by atoms with Gasteiger partial charge in [-0.15, -0.1) is 0 Å². The third-order valence-corrected chi connectivity index (χ3v) is 2.14. The normalized spacial score (nSPS) is 16.1. The molecule has 2 atom stereocenters. The maximum absolute atomic E-state index is 2.36. The molecular weight excluding hydrogens is 120 g/mol. The van der Waals surface area contributed by atoms with Crippen LogP contribution in [-0.2, 0) is 0 Å². The van der Waals surface area contributed by atoms with E-state index >= 15 is 0 Å². The fourth-order valence-corrected chi connectivity index (χ4v) is 1.06. The fraction of sp³-hybridized carbons (Fsp3) is 0.800. The number of rotatable bonds is 3. The van der Waals surface area contributed by atoms with Crippen molar-refractivity contribution in [2.45, 2.75) is 41.0 Å². The molecule has 0 aromatic rings. The SMILES string of the molecule is CCC(C)C(C)C=C(C)C. The van der Waals surface area contributed by atoms with Gasteiger partial charge in [0.1, 0.15) is 0 Å². The zero-order valence-corrected chi connectivity index (χ0v) is 7.94. The van der Waals surface area contributed by atoms with Gasteiger partial charge >= 0.3 is 0 Å². The van der Waals surface area contributed by atoms with Crippen molar-refractivity contribution in [3.63, 3.8) is 0 Å². The van der Waals surface area contributed by atoms with E-state index in [2.05, 4.69) is 40.7 Å². The van der Waals surface area contributed by atoms with E-state index in [1.54, 1.807) is 0 Å². The van der Waals surface area contributed by atoms with E-state index < -0.39 is 0 Å². The minimum Gasteiger partial charge on any atom is -0.0828 e. The highest BCUT2D eigenvalue weighted by Gasteiger charge is 2.05. The van der Waals surface area contributed by atoms with Crippen LogP contribution in [0.15, 0.2) is 11.6 Å². The summed E-state index contributed by atoms with van der Waals surface area (Å²) in [6.07, 6.45) is 3.64. The molecule has 0 bridgehead atoms. The molecule has 0 N–H and O–H groups in total. The largest absolute Gasteiger partial charge is 0.0828 e. The Labute approximate surface area is 65.3 Å². The van der Waals surface area contributed by atoms with Gasteiger partial charge in [-0.1, -0.05) is 38.8 Å². The van der Waals surface area contributed by atoms with Crippen molar-refractivity contribution >= 4 is 0 Å². The van der Waals surface area contributed by atoms with E-state index in [0.717, 1.165) is 11.8 Å². The molecule has 0 aliphatic carbocycles. The first-order chi connectivity index (χ1) is 4.57. The van der Waals surface area contributed by atoms with Gasteiger partial charge in [0, 0.05) is 0 Å². The molecule has 0 heterocycles. The Morgan fingerprint density at radius 1 is 1.30 bits per heavy atom. The molecule has 0 aromatic heterocycles. The van der Waals surface area contributed by atoms with Crippen LogP contribution in [0.25, 0.3) is 0 Å². The third-order valence-electron chi connectivity index (χ3n) is 2.14. The standard InChI is InChI=1S/C10H20/c1-6-9(4)10(5)7-8(2)3/h7,9-10H,6H2,1-5H3. The highest BCUT2D eigenvalue weighted by atomic mass is 14.1. The predicted molar refractivity (Wildman–Crippen MR) is 48.1 cm³/mol. The van der Waals surface area contributed by atoms with E-state index in [4.69, 9.17) is 0 Å². The van der Waals surface area contributed by atoms with Crippen LogP contribution in [0, 0.1) is 11.8 Å². The van der Waals surface area contributed by atoms with Gasteiger partial charge in [0.25, 0.3) is 0 Å². The van der Waals surface area contributed by atoms with Gasteiger partial charge in [-0.2, -0.15) is 0 Å². The first-order valence-electron chi connectivity index (χ1n) is 4.23. The minimum atomic E-state index is 0.745. The van der Waals surface area contributed by atoms with Crippen molar-refractivity contribution in [3.8, 4) is 0 Å². The third kappa shape index (κ3) is 3.71. The van der Waals surface area contributed by atoms with Crippen LogP contribution in [-0.4, -0.2) is 0 Å². The van der Waals surface area contributed by atoms with Gasteiger partial charge in [-0.3, -0.25) is 0 Å². The molecular formula is C10H20. The second-order valence-electron chi connectivity index (χ2n) is 3.49. The highest BCUT2D eigenvalue weighted by Crippen LogP contribution is 2.16. The molecule has 0 aliphatic rings. The maximum atomic E-state index is 2.36. The van der Waals surface area contributed by atoms with Gasteiger partial charge in [0.15, 0.2) is 0 Å². The smallest absolute Gasteiger partial charge is 0.0234 e. The molecule has 60 valence electrons. The Hall–Kier alpha value is -0.260. The van der Waals surface area contributed by atoms with Crippen LogP contribution in [0.2, 0.25) is 0 Å². The Kier molecular flexibility index (Phi) is 4.42. The summed E-state index contributed by atoms with van der Waals surface area (Å²) in [6, 6.07) is 0. The van der Waals surface area contributed by atoms with Crippen molar-refractivity contribution in [1.29, 1.82) is 0 Å². The second kappa shape index (κ2) is 4.54. The number of hydrogen-bond acceptors (Lipinski definition) is 0. The van der Waals surface area contributed by atoms with Gasteiger partial charge in [-0.25, -0.2) is 0 Å². The molecule has 0 nitrogen and oxygen atoms in total. The summed E-state index contributed by atoms with van der Waals surface area (Å²) in [7, 11) is 0. The molecule has 0 heteroatoms. The maximum Gasteiger partial charge on any atom is -0.0234 e. The first-order valence-corrected chi connectivity index (χ1v) is 4.23. The van der Waals surface area contributed by atoms with Crippen molar-refractivity contribution in [2.24, 2.45) is 11.8 Å². The minimum absolute atomic E-state index is 0.745. The second-order valence-corrected chi connectivity index (χ2v) is 3.49. The quantitative estimate of drug-likeness (QED) is 0.525. The Morgan fingerprint density at radius 2 is 1.80 bits per heavy atom. The molecule has 0 radical (unpaired) electrons.